The molecule has 3 rings (SSSR count). The van der Waals surface area contributed by atoms with Crippen LogP contribution in [0.2, 0.25) is 10.0 Å². The van der Waals surface area contributed by atoms with E-state index in [2.05, 4.69) is 10.3 Å². The Bertz CT molecular complexity index is 1060. The van der Waals surface area contributed by atoms with Crippen LogP contribution >= 0.6 is 23.2 Å². The lowest BCUT2D eigenvalue weighted by Gasteiger charge is -2.09. The van der Waals surface area contributed by atoms with Gasteiger partial charge in [-0.15, -0.1) is 0 Å². The van der Waals surface area contributed by atoms with Gasteiger partial charge in [0.05, 0.1) is 15.7 Å². The molecule has 0 heterocycles. The number of carbonyl (C=O) groups excluding carboxylic acids is 1. The third-order valence-electron chi connectivity index (χ3n) is 4.30. The van der Waals surface area contributed by atoms with Crippen LogP contribution in [0.3, 0.4) is 0 Å². The molecule has 0 radical (unpaired) electrons. The molecule has 0 unspecified atom stereocenters. The van der Waals surface area contributed by atoms with Gasteiger partial charge in [-0.1, -0.05) is 47.5 Å². The normalized spacial score (nSPS) is 10.9. The van der Waals surface area contributed by atoms with Crippen molar-refractivity contribution in [1.82, 2.24) is 0 Å². The van der Waals surface area contributed by atoms with Gasteiger partial charge in [-0.3, -0.25) is 9.79 Å². The van der Waals surface area contributed by atoms with Crippen LogP contribution in [-0.2, 0) is 4.79 Å². The van der Waals surface area contributed by atoms with Gasteiger partial charge in [0.15, 0.2) is 6.61 Å². The summed E-state index contributed by atoms with van der Waals surface area (Å²) in [7, 11) is 0. The Morgan fingerprint density at radius 3 is 2.62 bits per heavy atom. The van der Waals surface area contributed by atoms with E-state index in [1.165, 1.54) is 5.56 Å². The predicted octanol–water partition coefficient (Wildman–Crippen LogP) is 6.38. The SMILES string of the molecule is Cc1ccc(NC(=O)COc2cccc(C=Nc3cccc(Cl)c3Cl)c2)cc1C. The van der Waals surface area contributed by atoms with Gasteiger partial charge >= 0.3 is 0 Å². The average Bonchev–Trinajstić information content (AvgIpc) is 2.71. The lowest BCUT2D eigenvalue weighted by Crippen LogP contribution is -2.20. The van der Waals surface area contributed by atoms with E-state index in [9.17, 15) is 4.79 Å². The van der Waals surface area contributed by atoms with Crippen molar-refractivity contribution < 1.29 is 9.53 Å². The van der Waals surface area contributed by atoms with Gasteiger partial charge in [-0.25, -0.2) is 0 Å². The molecule has 0 fully saturated rings. The summed E-state index contributed by atoms with van der Waals surface area (Å²) in [6.45, 7) is 3.94. The molecule has 0 spiro atoms. The zero-order valence-electron chi connectivity index (χ0n) is 16.1. The average molecular weight is 427 g/mol. The highest BCUT2D eigenvalue weighted by Crippen LogP contribution is 2.31. The molecule has 0 aliphatic rings. The first-order valence-electron chi connectivity index (χ1n) is 9.00. The Kier molecular flexibility index (Phi) is 6.91. The van der Waals surface area contributed by atoms with Crippen LogP contribution in [0, 0.1) is 13.8 Å². The number of nitrogens with one attached hydrogen (secondary N) is 1. The summed E-state index contributed by atoms with van der Waals surface area (Å²) >= 11 is 12.1. The van der Waals surface area contributed by atoms with Crippen LogP contribution in [0.25, 0.3) is 0 Å². The number of nitrogens with zero attached hydrogens (tertiary/aromatic N) is 1. The fourth-order valence-corrected chi connectivity index (χ4v) is 2.93. The minimum absolute atomic E-state index is 0.0896. The van der Waals surface area contributed by atoms with Gasteiger partial charge in [0.1, 0.15) is 5.75 Å². The Balaban J connectivity index is 1.60. The van der Waals surface area contributed by atoms with E-state index in [4.69, 9.17) is 27.9 Å². The van der Waals surface area contributed by atoms with Crippen LogP contribution in [0.5, 0.6) is 5.75 Å². The van der Waals surface area contributed by atoms with Gasteiger partial charge in [-0.05, 0) is 66.9 Å². The molecular formula is C23H20Cl2N2O2. The molecule has 0 atom stereocenters. The van der Waals surface area contributed by atoms with Gasteiger partial charge in [0, 0.05) is 11.9 Å². The van der Waals surface area contributed by atoms with E-state index in [0.29, 0.717) is 21.5 Å². The number of amides is 1. The number of benzene rings is 3. The molecule has 4 nitrogen and oxygen atoms in total. The number of hydrogen-bond donors (Lipinski definition) is 1. The summed E-state index contributed by atoms with van der Waals surface area (Å²) in [5.41, 5.74) is 4.44. The second kappa shape index (κ2) is 9.59. The number of carbonyl (C=O) groups is 1. The van der Waals surface area contributed by atoms with E-state index in [0.717, 1.165) is 16.8 Å². The lowest BCUT2D eigenvalue weighted by atomic mass is 10.1. The molecule has 0 aromatic heterocycles. The van der Waals surface area contributed by atoms with Crippen molar-refractivity contribution >= 4 is 46.7 Å². The Morgan fingerprint density at radius 1 is 1.03 bits per heavy atom. The first-order valence-corrected chi connectivity index (χ1v) is 9.76. The third kappa shape index (κ3) is 5.83. The molecule has 3 aromatic carbocycles. The fourth-order valence-electron chi connectivity index (χ4n) is 2.59. The third-order valence-corrected chi connectivity index (χ3v) is 5.11. The van der Waals surface area contributed by atoms with Crippen LogP contribution in [0.1, 0.15) is 16.7 Å². The zero-order valence-corrected chi connectivity index (χ0v) is 17.6. The largest absolute Gasteiger partial charge is 0.484 e. The van der Waals surface area contributed by atoms with Crippen molar-refractivity contribution in [2.45, 2.75) is 13.8 Å². The highest BCUT2D eigenvalue weighted by Gasteiger charge is 2.06. The topological polar surface area (TPSA) is 50.7 Å². The number of aliphatic imine (C=N–C) groups is 1. The smallest absolute Gasteiger partial charge is 0.262 e. The van der Waals surface area contributed by atoms with Crippen molar-refractivity contribution in [3.63, 3.8) is 0 Å². The minimum atomic E-state index is -0.224. The Morgan fingerprint density at radius 2 is 1.83 bits per heavy atom. The molecular weight excluding hydrogens is 407 g/mol. The molecule has 6 heteroatoms. The first kappa shape index (κ1) is 20.9. The standard InChI is InChI=1S/C23H20Cl2N2O2/c1-15-9-10-18(11-16(15)2)27-22(28)14-29-19-6-3-5-17(12-19)13-26-21-8-4-7-20(24)23(21)25/h3-13H,14H2,1-2H3,(H,27,28). The van der Waals surface area contributed by atoms with Crippen molar-refractivity contribution in [2.24, 2.45) is 4.99 Å². The molecule has 148 valence electrons. The van der Waals surface area contributed by atoms with Crippen LogP contribution < -0.4 is 10.1 Å². The zero-order chi connectivity index (χ0) is 20.8. The maximum Gasteiger partial charge on any atom is 0.262 e. The second-order valence-corrected chi connectivity index (χ2v) is 7.32. The maximum atomic E-state index is 12.2. The van der Waals surface area contributed by atoms with Crippen LogP contribution in [0.4, 0.5) is 11.4 Å². The predicted molar refractivity (Wildman–Crippen MR) is 120 cm³/mol. The van der Waals surface area contributed by atoms with Gasteiger partial charge in [0.2, 0.25) is 0 Å². The monoisotopic (exact) mass is 426 g/mol. The molecule has 29 heavy (non-hydrogen) atoms. The van der Waals surface area contributed by atoms with Crippen molar-refractivity contribution in [3.8, 4) is 5.75 Å². The lowest BCUT2D eigenvalue weighted by molar-refractivity contribution is -0.118. The Hall–Kier alpha value is -2.82. The summed E-state index contributed by atoms with van der Waals surface area (Å²) in [6, 6.07) is 18.3. The number of aryl methyl sites for hydroxylation is 2. The maximum absolute atomic E-state index is 12.2. The first-order chi connectivity index (χ1) is 13.9. The molecule has 0 aliphatic heterocycles. The summed E-state index contributed by atoms with van der Waals surface area (Å²) in [5.74, 6) is 0.347. The minimum Gasteiger partial charge on any atom is -0.484 e. The van der Waals surface area contributed by atoms with E-state index in [-0.39, 0.29) is 12.5 Å². The summed E-state index contributed by atoms with van der Waals surface area (Å²) in [5, 5.41) is 3.69. The summed E-state index contributed by atoms with van der Waals surface area (Å²) in [4.78, 5) is 16.5. The van der Waals surface area contributed by atoms with Gasteiger partial charge < -0.3 is 10.1 Å². The molecule has 0 aliphatic carbocycles. The van der Waals surface area contributed by atoms with Gasteiger partial charge in [-0.2, -0.15) is 0 Å². The highest BCUT2D eigenvalue weighted by molar-refractivity contribution is 6.43. The molecule has 3 aromatic rings. The van der Waals surface area contributed by atoms with Gasteiger partial charge in [0.25, 0.3) is 5.91 Å². The number of halogens is 2. The van der Waals surface area contributed by atoms with Crippen molar-refractivity contribution in [3.05, 3.63) is 87.4 Å². The van der Waals surface area contributed by atoms with Crippen molar-refractivity contribution in [2.75, 3.05) is 11.9 Å². The molecule has 1 amide bonds. The molecule has 0 saturated heterocycles. The van der Waals surface area contributed by atoms with E-state index >= 15 is 0 Å². The summed E-state index contributed by atoms with van der Waals surface area (Å²) < 4.78 is 5.61. The summed E-state index contributed by atoms with van der Waals surface area (Å²) in [6.07, 6.45) is 1.67. The number of hydrogen-bond acceptors (Lipinski definition) is 3. The second-order valence-electron chi connectivity index (χ2n) is 6.54. The van der Waals surface area contributed by atoms with Crippen LogP contribution in [-0.4, -0.2) is 18.7 Å². The highest BCUT2D eigenvalue weighted by atomic mass is 35.5. The van der Waals surface area contributed by atoms with E-state index < -0.39 is 0 Å². The van der Waals surface area contributed by atoms with E-state index in [1.54, 1.807) is 36.5 Å². The molecule has 1 N–H and O–H groups in total. The van der Waals surface area contributed by atoms with Crippen molar-refractivity contribution in [1.29, 1.82) is 0 Å². The fraction of sp³-hybridized carbons (Fsp3) is 0.130. The molecule has 0 saturated carbocycles. The Labute approximate surface area is 180 Å². The molecule has 0 bridgehead atoms. The van der Waals surface area contributed by atoms with E-state index in [1.807, 2.05) is 44.2 Å². The number of ether oxygens (including phenoxy) is 1. The number of anilines is 1. The number of rotatable bonds is 6. The quantitative estimate of drug-likeness (QED) is 0.464. The van der Waals surface area contributed by atoms with Crippen LogP contribution in [0.15, 0.2) is 65.7 Å².